The third-order valence-corrected chi connectivity index (χ3v) is 3.33. The van der Waals surface area contributed by atoms with Gasteiger partial charge in [-0.1, -0.05) is 0 Å². The molecule has 1 fully saturated rings. The second kappa shape index (κ2) is 5.01. The molecule has 0 aromatic carbocycles. The molecule has 2 amide bonds. The molecule has 6 nitrogen and oxygen atoms in total. The maximum atomic E-state index is 11.4. The predicted molar refractivity (Wildman–Crippen MR) is 54.5 cm³/mol. The molecule has 0 spiro atoms. The first-order chi connectivity index (χ1) is 7.04. The monoisotopic (exact) mass is 232 g/mol. The van der Waals surface area contributed by atoms with Gasteiger partial charge in [0.15, 0.2) is 0 Å². The van der Waals surface area contributed by atoms with E-state index >= 15 is 0 Å². The van der Waals surface area contributed by atoms with Crippen LogP contribution in [0.2, 0.25) is 0 Å². The largest absolute Gasteiger partial charge is 0.480 e. The molecule has 0 aromatic rings. The molecule has 1 heterocycles. The second-order valence-electron chi connectivity index (χ2n) is 3.10. The maximum absolute atomic E-state index is 11.4. The van der Waals surface area contributed by atoms with Gasteiger partial charge in [-0.05, 0) is 0 Å². The third kappa shape index (κ3) is 3.12. The van der Waals surface area contributed by atoms with E-state index in [2.05, 4.69) is 10.6 Å². The Morgan fingerprint density at radius 2 is 2.33 bits per heavy atom. The van der Waals surface area contributed by atoms with Gasteiger partial charge in [-0.15, -0.1) is 11.8 Å². The summed E-state index contributed by atoms with van der Waals surface area (Å²) in [6.07, 6.45) is 0.0827. The van der Waals surface area contributed by atoms with Gasteiger partial charge in [0.1, 0.15) is 6.04 Å². The van der Waals surface area contributed by atoms with Gasteiger partial charge in [0.25, 0.3) is 0 Å². The van der Waals surface area contributed by atoms with E-state index in [0.29, 0.717) is 5.75 Å². The summed E-state index contributed by atoms with van der Waals surface area (Å²) in [7, 11) is 1.49. The number of carbonyl (C=O) groups is 3. The number of hydrogen-bond donors (Lipinski definition) is 3. The summed E-state index contributed by atoms with van der Waals surface area (Å²) < 4.78 is 0. The molecule has 0 radical (unpaired) electrons. The lowest BCUT2D eigenvalue weighted by atomic mass is 10.2. The van der Waals surface area contributed by atoms with Gasteiger partial charge in [0.2, 0.25) is 11.8 Å². The first kappa shape index (κ1) is 11.8. The molecule has 7 heteroatoms. The minimum atomic E-state index is -1.05. The Kier molecular flexibility index (Phi) is 3.96. The zero-order chi connectivity index (χ0) is 11.4. The number of hydrogen-bond acceptors (Lipinski definition) is 4. The van der Waals surface area contributed by atoms with Gasteiger partial charge >= 0.3 is 5.97 Å². The fraction of sp³-hybridized carbons (Fsp3) is 0.625. The highest BCUT2D eigenvalue weighted by Gasteiger charge is 2.33. The number of aliphatic carboxylic acids is 1. The van der Waals surface area contributed by atoms with Gasteiger partial charge < -0.3 is 15.7 Å². The molecule has 1 saturated heterocycles. The lowest BCUT2D eigenvalue weighted by Crippen LogP contribution is -2.51. The standard InChI is InChI=1S/C8H12N2O4S/c1-9-6(11)2-5-7(12)10-4(3-15-5)8(13)14/h4-5H,2-3H2,1H3,(H,9,11)(H,10,12)(H,13,14). The van der Waals surface area contributed by atoms with Crippen LogP contribution in [0, 0.1) is 0 Å². The topological polar surface area (TPSA) is 95.5 Å². The number of amides is 2. The molecule has 0 aromatic heterocycles. The normalized spacial score (nSPS) is 25.5. The quantitative estimate of drug-likeness (QED) is 0.568. The smallest absolute Gasteiger partial charge is 0.327 e. The number of nitrogens with one attached hydrogen (secondary N) is 2. The second-order valence-corrected chi connectivity index (χ2v) is 4.33. The van der Waals surface area contributed by atoms with E-state index in [0.717, 1.165) is 0 Å². The van der Waals surface area contributed by atoms with E-state index in [1.807, 2.05) is 0 Å². The van der Waals surface area contributed by atoms with Gasteiger partial charge in [0, 0.05) is 19.2 Å². The molecular formula is C8H12N2O4S. The zero-order valence-corrected chi connectivity index (χ0v) is 8.97. The predicted octanol–water partition coefficient (Wildman–Crippen LogP) is -1.19. The Morgan fingerprint density at radius 3 is 2.80 bits per heavy atom. The minimum absolute atomic E-state index is 0.0827. The Hall–Kier alpha value is -1.24. The lowest BCUT2D eigenvalue weighted by molar-refractivity contribution is -0.141. The number of carbonyl (C=O) groups excluding carboxylic acids is 2. The van der Waals surface area contributed by atoms with E-state index < -0.39 is 17.3 Å². The van der Waals surface area contributed by atoms with Crippen LogP contribution < -0.4 is 10.6 Å². The Morgan fingerprint density at radius 1 is 1.67 bits per heavy atom. The third-order valence-electron chi connectivity index (χ3n) is 2.02. The molecule has 3 N–H and O–H groups in total. The van der Waals surface area contributed by atoms with Crippen molar-refractivity contribution in [3.8, 4) is 0 Å². The fourth-order valence-electron chi connectivity index (χ4n) is 1.15. The molecule has 15 heavy (non-hydrogen) atoms. The van der Waals surface area contributed by atoms with Crippen molar-refractivity contribution in [2.24, 2.45) is 0 Å². The molecule has 1 aliphatic heterocycles. The molecular weight excluding hydrogens is 220 g/mol. The fourth-order valence-corrected chi connectivity index (χ4v) is 2.29. The minimum Gasteiger partial charge on any atom is -0.480 e. The maximum Gasteiger partial charge on any atom is 0.327 e. The summed E-state index contributed by atoms with van der Waals surface area (Å²) in [6, 6.07) is -0.844. The van der Waals surface area contributed by atoms with Crippen molar-refractivity contribution in [3.63, 3.8) is 0 Å². The highest BCUT2D eigenvalue weighted by Crippen LogP contribution is 2.20. The van der Waals surface area contributed by atoms with E-state index in [-0.39, 0.29) is 18.2 Å². The number of thioether (sulfide) groups is 1. The average molecular weight is 232 g/mol. The molecule has 2 atom stereocenters. The van der Waals surface area contributed by atoms with Crippen molar-refractivity contribution < 1.29 is 19.5 Å². The molecule has 84 valence electrons. The van der Waals surface area contributed by atoms with Crippen molar-refractivity contribution in [1.82, 2.24) is 10.6 Å². The van der Waals surface area contributed by atoms with Gasteiger partial charge in [-0.3, -0.25) is 9.59 Å². The van der Waals surface area contributed by atoms with Crippen LogP contribution in [0.4, 0.5) is 0 Å². The van der Waals surface area contributed by atoms with Crippen LogP contribution in [0.1, 0.15) is 6.42 Å². The number of rotatable bonds is 3. The zero-order valence-electron chi connectivity index (χ0n) is 8.15. The van der Waals surface area contributed by atoms with Crippen molar-refractivity contribution >= 4 is 29.5 Å². The summed E-state index contributed by atoms with van der Waals surface area (Å²) in [4.78, 5) is 33.0. The van der Waals surface area contributed by atoms with Crippen LogP contribution in [0.25, 0.3) is 0 Å². The van der Waals surface area contributed by atoms with Crippen molar-refractivity contribution in [2.45, 2.75) is 17.7 Å². The number of carboxylic acids is 1. The molecule has 0 saturated carbocycles. The number of carboxylic acid groups (broad SMARTS) is 1. The Balaban J connectivity index is 2.49. The van der Waals surface area contributed by atoms with Crippen molar-refractivity contribution in [3.05, 3.63) is 0 Å². The van der Waals surface area contributed by atoms with Crippen LogP contribution in [0.15, 0.2) is 0 Å². The molecule has 1 aliphatic rings. The average Bonchev–Trinajstić information content (AvgIpc) is 2.20. The lowest BCUT2D eigenvalue weighted by Gasteiger charge is -2.25. The SMILES string of the molecule is CNC(=O)CC1SCC(C(=O)O)NC1=O. The van der Waals surface area contributed by atoms with Crippen LogP contribution in [0.3, 0.4) is 0 Å². The highest BCUT2D eigenvalue weighted by atomic mass is 32.2. The van der Waals surface area contributed by atoms with Crippen LogP contribution in [-0.4, -0.2) is 47.0 Å². The van der Waals surface area contributed by atoms with Gasteiger partial charge in [-0.25, -0.2) is 4.79 Å². The molecule has 0 aliphatic carbocycles. The summed E-state index contributed by atoms with van der Waals surface area (Å²) in [5.41, 5.74) is 0. The van der Waals surface area contributed by atoms with Gasteiger partial charge in [0.05, 0.1) is 5.25 Å². The van der Waals surface area contributed by atoms with E-state index in [9.17, 15) is 14.4 Å². The van der Waals surface area contributed by atoms with Crippen LogP contribution in [0.5, 0.6) is 0 Å². The summed E-state index contributed by atoms with van der Waals surface area (Å²) in [5, 5.41) is 13.0. The molecule has 0 bridgehead atoms. The molecule has 2 unspecified atom stereocenters. The molecule has 1 rings (SSSR count). The summed E-state index contributed by atoms with van der Waals surface area (Å²) in [5.74, 6) is -1.36. The van der Waals surface area contributed by atoms with E-state index in [1.54, 1.807) is 0 Å². The summed E-state index contributed by atoms with van der Waals surface area (Å²) in [6.45, 7) is 0. The van der Waals surface area contributed by atoms with Crippen molar-refractivity contribution in [1.29, 1.82) is 0 Å². The van der Waals surface area contributed by atoms with E-state index in [1.165, 1.54) is 18.8 Å². The Bertz CT molecular complexity index is 294. The first-order valence-electron chi connectivity index (χ1n) is 4.40. The Labute approximate surface area is 90.8 Å². The first-order valence-corrected chi connectivity index (χ1v) is 5.45. The highest BCUT2D eigenvalue weighted by molar-refractivity contribution is 8.00. The van der Waals surface area contributed by atoms with E-state index in [4.69, 9.17) is 5.11 Å². The van der Waals surface area contributed by atoms with Crippen molar-refractivity contribution in [2.75, 3.05) is 12.8 Å². The summed E-state index contributed by atoms with van der Waals surface area (Å²) >= 11 is 1.20. The van der Waals surface area contributed by atoms with Gasteiger partial charge in [-0.2, -0.15) is 0 Å². The van der Waals surface area contributed by atoms with Crippen LogP contribution in [-0.2, 0) is 14.4 Å². The van der Waals surface area contributed by atoms with Crippen LogP contribution >= 0.6 is 11.8 Å².